The van der Waals surface area contributed by atoms with Gasteiger partial charge in [-0.1, -0.05) is 19.1 Å². The van der Waals surface area contributed by atoms with Crippen LogP contribution in [0.2, 0.25) is 0 Å². The van der Waals surface area contributed by atoms with Gasteiger partial charge in [0.2, 0.25) is 5.91 Å². The van der Waals surface area contributed by atoms with Gasteiger partial charge in [0.25, 0.3) is 5.69 Å². The second-order valence-electron chi connectivity index (χ2n) is 5.38. The Balaban J connectivity index is 2.04. The molecule has 0 saturated carbocycles. The van der Waals surface area contributed by atoms with Crippen molar-refractivity contribution in [2.75, 3.05) is 19.0 Å². The Bertz CT molecular complexity index is 800. The summed E-state index contributed by atoms with van der Waals surface area (Å²) in [6.45, 7) is 2.68. The molecule has 1 N–H and O–H groups in total. The number of carbonyl (C=O) groups is 1. The summed E-state index contributed by atoms with van der Waals surface area (Å²) in [6, 6.07) is 11.5. The number of hydrogen-bond acceptors (Lipinski definition) is 5. The smallest absolute Gasteiger partial charge is 0.296 e. The molecular weight excluding hydrogens is 336 g/mol. The first-order chi connectivity index (χ1) is 12.5. The van der Waals surface area contributed by atoms with E-state index in [0.29, 0.717) is 12.4 Å². The maximum Gasteiger partial charge on any atom is 0.296 e. The monoisotopic (exact) mass is 356 g/mol. The van der Waals surface area contributed by atoms with Crippen LogP contribution in [0, 0.1) is 10.1 Å². The van der Waals surface area contributed by atoms with E-state index in [1.54, 1.807) is 12.1 Å². The van der Waals surface area contributed by atoms with Crippen molar-refractivity contribution in [3.05, 3.63) is 64.2 Å². The molecule has 2 rings (SSSR count). The van der Waals surface area contributed by atoms with Crippen molar-refractivity contribution in [3.63, 3.8) is 0 Å². The lowest BCUT2D eigenvalue weighted by Crippen LogP contribution is -2.09. The zero-order valence-corrected chi connectivity index (χ0v) is 14.6. The second-order valence-corrected chi connectivity index (χ2v) is 5.38. The first kappa shape index (κ1) is 19.0. The predicted molar refractivity (Wildman–Crippen MR) is 99.5 cm³/mol. The Kier molecular flexibility index (Phi) is 6.73. The fraction of sp³-hybridized carbons (Fsp3) is 0.211. The Morgan fingerprint density at radius 1 is 1.19 bits per heavy atom. The molecule has 0 aromatic heterocycles. The largest absolute Gasteiger partial charge is 0.496 e. The number of ether oxygens (including phenoxy) is 2. The number of nitrogens with one attached hydrogen (secondary N) is 1. The van der Waals surface area contributed by atoms with Gasteiger partial charge in [0.15, 0.2) is 0 Å². The molecule has 2 aromatic rings. The molecule has 7 nitrogen and oxygen atoms in total. The normalized spacial score (nSPS) is 10.5. The van der Waals surface area contributed by atoms with Gasteiger partial charge >= 0.3 is 0 Å². The van der Waals surface area contributed by atoms with Crippen molar-refractivity contribution in [1.82, 2.24) is 0 Å². The minimum Gasteiger partial charge on any atom is -0.496 e. The fourth-order valence-corrected chi connectivity index (χ4v) is 2.14. The predicted octanol–water partition coefficient (Wildman–Crippen LogP) is 4.04. The van der Waals surface area contributed by atoms with E-state index in [-0.39, 0.29) is 11.4 Å². The van der Waals surface area contributed by atoms with Crippen LogP contribution in [0.5, 0.6) is 11.5 Å². The highest BCUT2D eigenvalue weighted by molar-refractivity contribution is 6.03. The van der Waals surface area contributed by atoms with E-state index in [4.69, 9.17) is 9.47 Å². The quantitative estimate of drug-likeness (QED) is 0.438. The second kappa shape index (κ2) is 9.22. The highest BCUT2D eigenvalue weighted by atomic mass is 16.6. The molecule has 0 heterocycles. The van der Waals surface area contributed by atoms with Crippen LogP contribution in [0.1, 0.15) is 18.9 Å². The van der Waals surface area contributed by atoms with E-state index in [0.717, 1.165) is 17.7 Å². The Hall–Kier alpha value is -3.35. The summed E-state index contributed by atoms with van der Waals surface area (Å²) in [7, 11) is 1.42. The SMILES string of the molecule is CCCOc1ccc(/C=C/C(=O)Nc2ccc(OC)cc2[N+](=O)[O-])cc1. The molecule has 0 radical (unpaired) electrons. The molecule has 0 atom stereocenters. The number of benzene rings is 2. The van der Waals surface area contributed by atoms with Crippen LogP contribution >= 0.6 is 0 Å². The van der Waals surface area contributed by atoms with Gasteiger partial charge < -0.3 is 14.8 Å². The number of nitrogens with zero attached hydrogens (tertiary/aromatic N) is 1. The molecule has 0 saturated heterocycles. The molecule has 2 aromatic carbocycles. The summed E-state index contributed by atoms with van der Waals surface area (Å²) in [6.07, 6.45) is 3.86. The minimum atomic E-state index is -0.573. The fourth-order valence-electron chi connectivity index (χ4n) is 2.14. The summed E-state index contributed by atoms with van der Waals surface area (Å²) in [5.41, 5.74) is 0.686. The molecule has 0 bridgehead atoms. The summed E-state index contributed by atoms with van der Waals surface area (Å²) < 4.78 is 10.5. The van der Waals surface area contributed by atoms with Crippen molar-refractivity contribution in [2.24, 2.45) is 0 Å². The maximum atomic E-state index is 12.0. The number of nitro benzene ring substituents is 1. The van der Waals surface area contributed by atoms with Crippen molar-refractivity contribution >= 4 is 23.4 Å². The van der Waals surface area contributed by atoms with Crippen LogP contribution < -0.4 is 14.8 Å². The molecule has 0 aliphatic carbocycles. The van der Waals surface area contributed by atoms with Crippen LogP contribution in [0.15, 0.2) is 48.5 Å². The summed E-state index contributed by atoms with van der Waals surface area (Å²) in [5, 5.41) is 13.6. The van der Waals surface area contributed by atoms with Gasteiger partial charge in [-0.25, -0.2) is 0 Å². The maximum absolute atomic E-state index is 12.0. The highest BCUT2D eigenvalue weighted by Gasteiger charge is 2.16. The number of nitro groups is 1. The molecule has 0 spiro atoms. The summed E-state index contributed by atoms with van der Waals surface area (Å²) >= 11 is 0. The third kappa shape index (κ3) is 5.34. The lowest BCUT2D eigenvalue weighted by Gasteiger charge is -2.06. The lowest BCUT2D eigenvalue weighted by molar-refractivity contribution is -0.384. The molecule has 7 heteroatoms. The Labute approximate surface area is 151 Å². The Morgan fingerprint density at radius 3 is 2.50 bits per heavy atom. The molecule has 0 aliphatic rings. The van der Waals surface area contributed by atoms with Gasteiger partial charge in [0.1, 0.15) is 17.2 Å². The highest BCUT2D eigenvalue weighted by Crippen LogP contribution is 2.28. The van der Waals surface area contributed by atoms with Crippen molar-refractivity contribution in [2.45, 2.75) is 13.3 Å². The zero-order valence-electron chi connectivity index (χ0n) is 14.6. The van der Waals surface area contributed by atoms with Gasteiger partial charge in [-0.05, 0) is 42.3 Å². The number of anilines is 1. The van der Waals surface area contributed by atoms with E-state index < -0.39 is 10.8 Å². The molecule has 0 aliphatic heterocycles. The van der Waals surface area contributed by atoms with Crippen molar-refractivity contribution in [3.8, 4) is 11.5 Å². The van der Waals surface area contributed by atoms with Gasteiger partial charge in [-0.15, -0.1) is 0 Å². The van der Waals surface area contributed by atoms with E-state index in [2.05, 4.69) is 5.32 Å². The van der Waals surface area contributed by atoms with Gasteiger partial charge in [-0.2, -0.15) is 0 Å². The average Bonchev–Trinajstić information content (AvgIpc) is 2.65. The van der Waals surface area contributed by atoms with Crippen LogP contribution in [0.25, 0.3) is 6.08 Å². The molecule has 1 amide bonds. The third-order valence-corrected chi connectivity index (χ3v) is 3.44. The number of carbonyl (C=O) groups excluding carboxylic acids is 1. The summed E-state index contributed by atoms with van der Waals surface area (Å²) in [5.74, 6) is 0.641. The number of rotatable bonds is 8. The third-order valence-electron chi connectivity index (χ3n) is 3.44. The minimum absolute atomic E-state index is 0.105. The molecule has 0 fully saturated rings. The topological polar surface area (TPSA) is 90.7 Å². The molecule has 0 unspecified atom stereocenters. The standard InChI is InChI=1S/C19H20N2O5/c1-3-12-26-15-7-4-14(5-8-15)6-11-19(22)20-17-10-9-16(25-2)13-18(17)21(23)24/h4-11,13H,3,12H2,1-2H3,(H,20,22)/b11-6+. The van der Waals surface area contributed by atoms with E-state index in [1.807, 2.05) is 31.2 Å². The number of hydrogen-bond donors (Lipinski definition) is 1. The van der Waals surface area contributed by atoms with E-state index >= 15 is 0 Å². The van der Waals surface area contributed by atoms with Gasteiger partial charge in [0, 0.05) is 6.08 Å². The first-order valence-electron chi connectivity index (χ1n) is 8.08. The van der Waals surface area contributed by atoms with Crippen LogP contribution in [-0.4, -0.2) is 24.5 Å². The lowest BCUT2D eigenvalue weighted by atomic mass is 10.2. The van der Waals surface area contributed by atoms with Gasteiger partial charge in [-0.3, -0.25) is 14.9 Å². The van der Waals surface area contributed by atoms with E-state index in [9.17, 15) is 14.9 Å². The van der Waals surface area contributed by atoms with Crippen LogP contribution in [0.3, 0.4) is 0 Å². The molecule has 136 valence electrons. The number of amides is 1. The molecular formula is C19H20N2O5. The number of methoxy groups -OCH3 is 1. The van der Waals surface area contributed by atoms with Gasteiger partial charge in [0.05, 0.1) is 24.7 Å². The van der Waals surface area contributed by atoms with Crippen LogP contribution in [-0.2, 0) is 4.79 Å². The van der Waals surface area contributed by atoms with Crippen LogP contribution in [0.4, 0.5) is 11.4 Å². The van der Waals surface area contributed by atoms with Crippen molar-refractivity contribution < 1.29 is 19.2 Å². The Morgan fingerprint density at radius 2 is 1.88 bits per heavy atom. The molecule has 26 heavy (non-hydrogen) atoms. The zero-order chi connectivity index (χ0) is 18.9. The van der Waals surface area contributed by atoms with Crippen molar-refractivity contribution in [1.29, 1.82) is 0 Å². The van der Waals surface area contributed by atoms with E-state index in [1.165, 1.54) is 25.3 Å². The first-order valence-corrected chi connectivity index (χ1v) is 8.08. The average molecular weight is 356 g/mol. The summed E-state index contributed by atoms with van der Waals surface area (Å²) in [4.78, 5) is 22.6.